The van der Waals surface area contributed by atoms with Gasteiger partial charge in [0.05, 0.1) is 18.6 Å². The van der Waals surface area contributed by atoms with E-state index in [0.717, 1.165) is 11.1 Å². The molecule has 0 heterocycles. The number of benzene rings is 2. The van der Waals surface area contributed by atoms with Gasteiger partial charge >= 0.3 is 5.97 Å². The summed E-state index contributed by atoms with van der Waals surface area (Å²) in [5.41, 5.74) is 7.47. The maximum Gasteiger partial charge on any atom is 0.323 e. The number of hydrogen-bond acceptors (Lipinski definition) is 7. The Hall–Kier alpha value is -3.13. The molecule has 0 aliphatic carbocycles. The van der Waals surface area contributed by atoms with E-state index < -0.39 is 16.9 Å². The number of rotatable bonds is 9. The van der Waals surface area contributed by atoms with Crippen molar-refractivity contribution in [2.45, 2.75) is 26.0 Å². The van der Waals surface area contributed by atoms with E-state index in [4.69, 9.17) is 19.9 Å². The molecule has 0 aliphatic rings. The number of nitrogens with two attached hydrogens (primary N) is 1. The first-order valence-corrected chi connectivity index (χ1v) is 8.39. The highest BCUT2D eigenvalue weighted by Crippen LogP contribution is 2.29. The molecule has 0 fully saturated rings. The molecule has 2 rings (SSSR count). The topological polar surface area (TPSA) is 114 Å². The normalized spacial score (nSPS) is 11.5. The lowest BCUT2D eigenvalue weighted by Gasteiger charge is -2.14. The van der Waals surface area contributed by atoms with E-state index in [2.05, 4.69) is 0 Å². The van der Waals surface area contributed by atoms with E-state index in [9.17, 15) is 14.9 Å². The molecular formula is C19H22N2O6. The van der Waals surface area contributed by atoms with Crippen molar-refractivity contribution in [2.75, 3.05) is 13.7 Å². The Labute approximate surface area is 157 Å². The second-order valence-corrected chi connectivity index (χ2v) is 5.76. The van der Waals surface area contributed by atoms with Gasteiger partial charge in [0.2, 0.25) is 0 Å². The van der Waals surface area contributed by atoms with Gasteiger partial charge in [0.15, 0.2) is 11.5 Å². The molecule has 0 aliphatic heterocycles. The molecular weight excluding hydrogens is 352 g/mol. The lowest BCUT2D eigenvalue weighted by molar-refractivity contribution is -0.384. The van der Waals surface area contributed by atoms with Crippen LogP contribution in [0.3, 0.4) is 0 Å². The Bertz CT molecular complexity index is 791. The van der Waals surface area contributed by atoms with Crippen LogP contribution in [0.4, 0.5) is 5.69 Å². The summed E-state index contributed by atoms with van der Waals surface area (Å²) in [7, 11) is 1.52. The fraction of sp³-hybridized carbons (Fsp3) is 0.316. The Morgan fingerprint density at radius 1 is 1.15 bits per heavy atom. The number of hydrogen-bond donors (Lipinski definition) is 1. The molecule has 1 atom stereocenters. The van der Waals surface area contributed by atoms with Gasteiger partial charge < -0.3 is 19.9 Å². The van der Waals surface area contributed by atoms with Gasteiger partial charge in [-0.05, 0) is 48.7 Å². The molecule has 0 radical (unpaired) electrons. The predicted molar refractivity (Wildman–Crippen MR) is 98.7 cm³/mol. The highest BCUT2D eigenvalue weighted by Gasteiger charge is 2.16. The molecule has 0 amide bonds. The number of esters is 1. The lowest BCUT2D eigenvalue weighted by Crippen LogP contribution is -2.34. The minimum Gasteiger partial charge on any atom is -0.493 e. The van der Waals surface area contributed by atoms with Crippen LogP contribution in [0.2, 0.25) is 0 Å². The largest absolute Gasteiger partial charge is 0.493 e. The van der Waals surface area contributed by atoms with Crippen LogP contribution in [0.5, 0.6) is 11.5 Å². The monoisotopic (exact) mass is 374 g/mol. The number of carbonyl (C=O) groups is 1. The maximum absolute atomic E-state index is 11.6. The number of carbonyl (C=O) groups excluding carboxylic acids is 1. The molecule has 2 aromatic rings. The van der Waals surface area contributed by atoms with Gasteiger partial charge in [0.1, 0.15) is 12.6 Å². The number of nitro groups is 1. The van der Waals surface area contributed by atoms with Gasteiger partial charge in [-0.3, -0.25) is 14.9 Å². The van der Waals surface area contributed by atoms with Crippen LogP contribution in [0, 0.1) is 10.1 Å². The number of nitro benzene ring substituents is 1. The summed E-state index contributed by atoms with van der Waals surface area (Å²) in [6.45, 7) is 2.24. The Morgan fingerprint density at radius 2 is 1.81 bits per heavy atom. The summed E-state index contributed by atoms with van der Waals surface area (Å²) >= 11 is 0. The van der Waals surface area contributed by atoms with Gasteiger partial charge in [0, 0.05) is 12.1 Å². The van der Waals surface area contributed by atoms with Gasteiger partial charge in [-0.1, -0.05) is 6.07 Å². The van der Waals surface area contributed by atoms with E-state index in [0.29, 0.717) is 17.9 Å². The van der Waals surface area contributed by atoms with Crippen LogP contribution < -0.4 is 15.2 Å². The standard InChI is InChI=1S/C19H22N2O6/c1-3-26-19(22)16(20)10-14-6-9-17(18(11-14)25-2)27-12-13-4-7-15(8-5-13)21(23)24/h4-9,11,16H,3,10,12,20H2,1-2H3. The third kappa shape index (κ3) is 5.68. The predicted octanol–water partition coefficient (Wildman–Crippen LogP) is 2.62. The average molecular weight is 374 g/mol. The average Bonchev–Trinajstić information content (AvgIpc) is 2.67. The van der Waals surface area contributed by atoms with E-state index in [1.54, 1.807) is 37.3 Å². The zero-order valence-electron chi connectivity index (χ0n) is 15.2. The molecule has 1 unspecified atom stereocenters. The molecule has 0 saturated heterocycles. The zero-order chi connectivity index (χ0) is 19.8. The Balaban J connectivity index is 2.03. The van der Waals surface area contributed by atoms with Crippen LogP contribution in [0.25, 0.3) is 0 Å². The van der Waals surface area contributed by atoms with Gasteiger partial charge in [0.25, 0.3) is 5.69 Å². The van der Waals surface area contributed by atoms with Crippen molar-refractivity contribution in [3.63, 3.8) is 0 Å². The molecule has 2 N–H and O–H groups in total. The van der Waals surface area contributed by atoms with Crippen molar-refractivity contribution in [3.8, 4) is 11.5 Å². The molecule has 2 aromatic carbocycles. The maximum atomic E-state index is 11.6. The highest BCUT2D eigenvalue weighted by atomic mass is 16.6. The first-order chi connectivity index (χ1) is 12.9. The second kappa shape index (κ2) is 9.54. The molecule has 8 heteroatoms. The van der Waals surface area contributed by atoms with Crippen molar-refractivity contribution >= 4 is 11.7 Å². The number of methoxy groups -OCH3 is 1. The summed E-state index contributed by atoms with van der Waals surface area (Å²) in [6.07, 6.45) is 0.317. The molecule has 0 saturated carbocycles. The van der Waals surface area contributed by atoms with Crippen molar-refractivity contribution in [1.29, 1.82) is 0 Å². The van der Waals surface area contributed by atoms with E-state index in [1.807, 2.05) is 0 Å². The van der Waals surface area contributed by atoms with Crippen LogP contribution in [-0.2, 0) is 22.6 Å². The van der Waals surface area contributed by atoms with Crippen molar-refractivity contribution in [1.82, 2.24) is 0 Å². The van der Waals surface area contributed by atoms with Crippen LogP contribution in [-0.4, -0.2) is 30.7 Å². The molecule has 144 valence electrons. The van der Waals surface area contributed by atoms with Crippen molar-refractivity contribution in [2.24, 2.45) is 5.73 Å². The third-order valence-corrected chi connectivity index (χ3v) is 3.81. The van der Waals surface area contributed by atoms with E-state index in [1.165, 1.54) is 19.2 Å². The summed E-state index contributed by atoms with van der Waals surface area (Å²) in [5.74, 6) is 0.574. The van der Waals surface area contributed by atoms with E-state index >= 15 is 0 Å². The Kier molecular flexibility index (Phi) is 7.13. The minimum absolute atomic E-state index is 0.0265. The van der Waals surface area contributed by atoms with Gasteiger partial charge in [-0.25, -0.2) is 0 Å². The van der Waals surface area contributed by atoms with Crippen LogP contribution in [0.1, 0.15) is 18.1 Å². The quantitative estimate of drug-likeness (QED) is 0.408. The van der Waals surface area contributed by atoms with Crippen molar-refractivity contribution in [3.05, 3.63) is 63.7 Å². The highest BCUT2D eigenvalue weighted by molar-refractivity contribution is 5.75. The number of nitrogens with zero attached hydrogens (tertiary/aromatic N) is 1. The van der Waals surface area contributed by atoms with E-state index in [-0.39, 0.29) is 18.9 Å². The molecule has 0 aromatic heterocycles. The first kappa shape index (κ1) is 20.2. The Morgan fingerprint density at radius 3 is 2.41 bits per heavy atom. The second-order valence-electron chi connectivity index (χ2n) is 5.76. The van der Waals surface area contributed by atoms with Gasteiger partial charge in [-0.2, -0.15) is 0 Å². The SMILES string of the molecule is CCOC(=O)C(N)Cc1ccc(OCc2ccc([N+](=O)[O-])cc2)c(OC)c1. The zero-order valence-corrected chi connectivity index (χ0v) is 15.2. The van der Waals surface area contributed by atoms with Crippen LogP contribution in [0.15, 0.2) is 42.5 Å². The summed E-state index contributed by atoms with van der Waals surface area (Å²) < 4.78 is 16.0. The summed E-state index contributed by atoms with van der Waals surface area (Å²) in [6, 6.07) is 10.7. The summed E-state index contributed by atoms with van der Waals surface area (Å²) in [5, 5.41) is 10.7. The number of ether oxygens (including phenoxy) is 3. The smallest absolute Gasteiger partial charge is 0.323 e. The number of non-ortho nitro benzene ring substituents is 1. The fourth-order valence-corrected chi connectivity index (χ4v) is 2.42. The fourth-order valence-electron chi connectivity index (χ4n) is 2.42. The molecule has 27 heavy (non-hydrogen) atoms. The summed E-state index contributed by atoms with van der Waals surface area (Å²) in [4.78, 5) is 21.9. The minimum atomic E-state index is -0.749. The third-order valence-electron chi connectivity index (χ3n) is 3.81. The van der Waals surface area contributed by atoms with Crippen molar-refractivity contribution < 1.29 is 23.9 Å². The van der Waals surface area contributed by atoms with Crippen LogP contribution >= 0.6 is 0 Å². The first-order valence-electron chi connectivity index (χ1n) is 8.39. The molecule has 0 spiro atoms. The molecule has 8 nitrogen and oxygen atoms in total. The van der Waals surface area contributed by atoms with Gasteiger partial charge in [-0.15, -0.1) is 0 Å². The molecule has 0 bridgehead atoms. The lowest BCUT2D eigenvalue weighted by atomic mass is 10.1.